The van der Waals surface area contributed by atoms with E-state index in [1.807, 2.05) is 0 Å². The molecule has 0 aliphatic carbocycles. The molecule has 1 N–H and O–H groups in total. The summed E-state index contributed by atoms with van der Waals surface area (Å²) in [6.45, 7) is 4.41. The molecule has 0 aliphatic heterocycles. The van der Waals surface area contributed by atoms with Gasteiger partial charge in [0.1, 0.15) is 0 Å². The predicted octanol–water partition coefficient (Wildman–Crippen LogP) is -5.66. The molecule has 1 atom stereocenters. The van der Waals surface area contributed by atoms with Crippen LogP contribution in [0.2, 0.25) is 0 Å². The third-order valence-electron chi connectivity index (χ3n) is 6.25. The first-order chi connectivity index (χ1) is 17.7. The van der Waals surface area contributed by atoms with E-state index < -0.39 is 30.4 Å². The Hall–Kier alpha value is 0.880. The quantitative estimate of drug-likeness (QED) is 0.0817. The molecule has 0 saturated carbocycles. The van der Waals surface area contributed by atoms with Gasteiger partial charge in [0.25, 0.3) is 0 Å². The Morgan fingerprint density at radius 2 is 0.825 bits per heavy atom. The zero-order valence-corrected chi connectivity index (χ0v) is 32.5. The average Bonchev–Trinajstić information content (AvgIpc) is 2.84. The van der Waals surface area contributed by atoms with Crippen molar-refractivity contribution in [2.24, 2.45) is 0 Å². The van der Waals surface area contributed by atoms with Crippen LogP contribution in [-0.2, 0) is 19.2 Å². The van der Waals surface area contributed by atoms with Crippen molar-refractivity contribution in [3.63, 3.8) is 0 Å². The van der Waals surface area contributed by atoms with Crippen LogP contribution in [0.25, 0.3) is 0 Å². The summed E-state index contributed by atoms with van der Waals surface area (Å²) in [4.78, 5) is 42.9. The zero-order chi connectivity index (χ0) is 28.2. The molecular weight excluding hydrogens is 543 g/mol. The zero-order valence-electron chi connectivity index (χ0n) is 26.5. The third-order valence-corrected chi connectivity index (χ3v) is 6.25. The second-order valence-electron chi connectivity index (χ2n) is 9.88. The number of hydrogen-bond acceptors (Lipinski definition) is 7. The van der Waals surface area contributed by atoms with Crippen molar-refractivity contribution in [1.82, 2.24) is 5.32 Å². The number of carbonyl (C=O) groups is 4. The van der Waals surface area contributed by atoms with E-state index in [9.17, 15) is 34.5 Å². The van der Waals surface area contributed by atoms with Gasteiger partial charge in [-0.25, -0.2) is 0 Å². The fraction of sp³-hybridized carbons (Fsp3) is 0.862. The summed E-state index contributed by atoms with van der Waals surface area (Å²) in [7, 11) is 0. The number of hydrogen-bond donors (Lipinski definition) is 1. The molecule has 0 heterocycles. The smallest absolute Gasteiger partial charge is 0.550 e. The molecule has 0 aromatic rings. The minimum atomic E-state index is -1.47. The van der Waals surface area contributed by atoms with Gasteiger partial charge in [-0.15, -0.1) is 0 Å². The summed E-state index contributed by atoms with van der Waals surface area (Å²) in [6, 6.07) is -1.26. The Kier molecular flexibility index (Phi) is 50.4. The van der Waals surface area contributed by atoms with Crippen LogP contribution >= 0.6 is 0 Å². The van der Waals surface area contributed by atoms with Crippen molar-refractivity contribution in [3.8, 4) is 0 Å². The molecule has 40 heavy (non-hydrogen) atoms. The van der Waals surface area contributed by atoms with E-state index in [-0.39, 0.29) is 114 Å². The molecule has 0 aliphatic rings. The van der Waals surface area contributed by atoms with Gasteiger partial charge in [-0.2, -0.15) is 0 Å². The van der Waals surface area contributed by atoms with Crippen molar-refractivity contribution in [2.45, 2.75) is 161 Å². The SMILES string of the molecule is CCCCCCCCCCCC(=O)N[C@@H](CCC(=O)[O-])C(=O)[O-].CCCCCCCCCCCC(=O)[O-].[Na+].[Na+].[Na+]. The topological polar surface area (TPSA) is 149 Å². The van der Waals surface area contributed by atoms with Crippen LogP contribution in [0.15, 0.2) is 0 Å². The second-order valence-corrected chi connectivity index (χ2v) is 9.88. The summed E-state index contributed by atoms with van der Waals surface area (Å²) in [5, 5.41) is 33.6. The van der Waals surface area contributed by atoms with Crippen LogP contribution in [0, 0.1) is 0 Å². The summed E-state index contributed by atoms with van der Waals surface area (Å²) in [5.74, 6) is -4.09. The van der Waals surface area contributed by atoms with Gasteiger partial charge < -0.3 is 35.0 Å². The first-order valence-electron chi connectivity index (χ1n) is 14.6. The molecule has 0 unspecified atom stereocenters. The molecule has 0 fully saturated rings. The molecule has 0 spiro atoms. The van der Waals surface area contributed by atoms with E-state index in [0.29, 0.717) is 6.42 Å². The molecule has 0 bridgehead atoms. The molecular formula is C29H52NNa3O7. The standard InChI is InChI=1S/C17H31NO5.C12H24O2.3Na/c1-2-3-4-5-6-7-8-9-10-11-15(19)18-14(17(22)23)12-13-16(20)21;1-2-3-4-5-6-7-8-9-10-11-12(13)14;;;/h14H,2-13H2,1H3,(H,18,19)(H,20,21)(H,22,23);2-11H2,1H3,(H,13,14);;;/q;;3*+1/p-3/t14-;;;;/m0..../s1. The monoisotopic (exact) mass is 595 g/mol. The van der Waals surface area contributed by atoms with Gasteiger partial charge in [-0.3, -0.25) is 4.79 Å². The van der Waals surface area contributed by atoms with Crippen LogP contribution in [-0.4, -0.2) is 29.9 Å². The van der Waals surface area contributed by atoms with Crippen LogP contribution in [0.1, 0.15) is 155 Å². The van der Waals surface area contributed by atoms with Gasteiger partial charge in [-0.1, -0.05) is 117 Å². The van der Waals surface area contributed by atoms with Crippen LogP contribution < -0.4 is 109 Å². The number of carbonyl (C=O) groups excluding carboxylic acids is 4. The maximum atomic E-state index is 11.6. The van der Waals surface area contributed by atoms with Gasteiger partial charge >= 0.3 is 88.7 Å². The summed E-state index contributed by atoms with van der Waals surface area (Å²) in [5.41, 5.74) is 0. The molecule has 0 aromatic carbocycles. The summed E-state index contributed by atoms with van der Waals surface area (Å²) < 4.78 is 0. The number of unbranched alkanes of at least 4 members (excludes halogenated alkanes) is 16. The first kappa shape index (κ1) is 50.5. The third kappa shape index (κ3) is 43.3. The van der Waals surface area contributed by atoms with Gasteiger partial charge in [0.05, 0.1) is 12.0 Å². The van der Waals surface area contributed by atoms with E-state index in [4.69, 9.17) is 0 Å². The number of rotatable bonds is 25. The number of carboxylic acid groups (broad SMARTS) is 3. The molecule has 11 heteroatoms. The number of amides is 1. The summed E-state index contributed by atoms with van der Waals surface area (Å²) >= 11 is 0. The number of aliphatic carboxylic acids is 3. The molecule has 218 valence electrons. The molecule has 0 saturated heterocycles. The van der Waals surface area contributed by atoms with Gasteiger partial charge in [-0.05, 0) is 32.1 Å². The fourth-order valence-corrected chi connectivity index (χ4v) is 3.95. The van der Waals surface area contributed by atoms with Crippen molar-refractivity contribution in [3.05, 3.63) is 0 Å². The minimum absolute atomic E-state index is 0. The van der Waals surface area contributed by atoms with E-state index in [0.717, 1.165) is 25.7 Å². The predicted molar refractivity (Wildman–Crippen MR) is 140 cm³/mol. The fourth-order valence-electron chi connectivity index (χ4n) is 3.95. The van der Waals surface area contributed by atoms with Gasteiger partial charge in [0, 0.05) is 18.4 Å². The van der Waals surface area contributed by atoms with Crippen molar-refractivity contribution >= 4 is 23.8 Å². The summed E-state index contributed by atoms with van der Waals surface area (Å²) in [6.07, 6.45) is 21.0. The molecule has 0 aromatic heterocycles. The normalized spacial score (nSPS) is 10.4. The number of carboxylic acids is 3. The van der Waals surface area contributed by atoms with Crippen molar-refractivity contribution in [2.75, 3.05) is 0 Å². The van der Waals surface area contributed by atoms with Gasteiger partial charge in [0.2, 0.25) is 5.91 Å². The molecule has 1 amide bonds. The molecule has 8 nitrogen and oxygen atoms in total. The Balaban J connectivity index is -0.000000209. The molecule has 0 rings (SSSR count). The maximum absolute atomic E-state index is 11.6. The average molecular weight is 596 g/mol. The van der Waals surface area contributed by atoms with Crippen LogP contribution in [0.4, 0.5) is 0 Å². The number of nitrogens with one attached hydrogen (secondary N) is 1. The minimum Gasteiger partial charge on any atom is -0.550 e. The van der Waals surface area contributed by atoms with Crippen molar-refractivity contribution in [1.29, 1.82) is 0 Å². The largest absolute Gasteiger partial charge is 1.00 e. The Bertz CT molecular complexity index is 596. The molecule has 0 radical (unpaired) electrons. The van der Waals surface area contributed by atoms with E-state index in [1.54, 1.807) is 0 Å². The van der Waals surface area contributed by atoms with Crippen LogP contribution in [0.3, 0.4) is 0 Å². The van der Waals surface area contributed by atoms with E-state index in [1.165, 1.54) is 83.5 Å². The Labute approximate surface area is 310 Å². The second kappa shape index (κ2) is 39.9. The Morgan fingerprint density at radius 3 is 1.15 bits per heavy atom. The van der Waals surface area contributed by atoms with Gasteiger partial charge in [0.15, 0.2) is 0 Å². The van der Waals surface area contributed by atoms with Crippen molar-refractivity contribution < 1.29 is 123 Å². The van der Waals surface area contributed by atoms with E-state index in [2.05, 4.69) is 19.2 Å². The van der Waals surface area contributed by atoms with Crippen LogP contribution in [0.5, 0.6) is 0 Å². The first-order valence-corrected chi connectivity index (χ1v) is 14.6. The van der Waals surface area contributed by atoms with E-state index >= 15 is 0 Å². The maximum Gasteiger partial charge on any atom is 1.00 e. The Morgan fingerprint density at radius 1 is 0.500 bits per heavy atom.